The summed E-state index contributed by atoms with van der Waals surface area (Å²) in [7, 11) is 1.74. The van der Waals surface area contributed by atoms with E-state index in [1.165, 1.54) is 0 Å². The minimum atomic E-state index is 0.557. The molecule has 6 nitrogen and oxygen atoms in total. The largest absolute Gasteiger partial charge is 0.492 e. The predicted octanol–water partition coefficient (Wildman–Crippen LogP) is 2.22. The molecule has 24 heavy (non-hydrogen) atoms. The summed E-state index contributed by atoms with van der Waals surface area (Å²) in [5.74, 6) is 2.22. The van der Waals surface area contributed by atoms with Crippen molar-refractivity contribution in [2.24, 2.45) is 4.99 Å². The van der Waals surface area contributed by atoms with E-state index in [4.69, 9.17) is 9.47 Å². The number of nitrogens with one attached hydrogen (secondary N) is 2. The van der Waals surface area contributed by atoms with Crippen molar-refractivity contribution in [1.82, 2.24) is 15.6 Å². The van der Waals surface area contributed by atoms with Crippen LogP contribution in [-0.4, -0.2) is 37.7 Å². The van der Waals surface area contributed by atoms with E-state index in [0.29, 0.717) is 38.1 Å². The molecule has 0 spiro atoms. The van der Waals surface area contributed by atoms with E-state index in [1.807, 2.05) is 49.4 Å². The van der Waals surface area contributed by atoms with E-state index >= 15 is 0 Å². The number of nitrogens with zero attached hydrogens (tertiary/aromatic N) is 2. The zero-order valence-electron chi connectivity index (χ0n) is 14.2. The molecule has 2 aromatic rings. The maximum Gasteiger partial charge on any atom is 0.218 e. The summed E-state index contributed by atoms with van der Waals surface area (Å²) >= 11 is 0. The number of guanidine groups is 1. The summed E-state index contributed by atoms with van der Waals surface area (Å²) in [6, 6.07) is 13.6. The topological polar surface area (TPSA) is 67.8 Å². The van der Waals surface area contributed by atoms with Gasteiger partial charge in [-0.3, -0.25) is 4.99 Å². The molecule has 0 aliphatic heterocycles. The highest BCUT2D eigenvalue weighted by molar-refractivity contribution is 5.79. The Morgan fingerprint density at radius 1 is 1.08 bits per heavy atom. The van der Waals surface area contributed by atoms with Crippen LogP contribution in [0.3, 0.4) is 0 Å². The zero-order valence-corrected chi connectivity index (χ0v) is 14.2. The van der Waals surface area contributed by atoms with Gasteiger partial charge >= 0.3 is 0 Å². The molecule has 0 saturated heterocycles. The molecule has 0 radical (unpaired) electrons. The molecule has 1 aromatic carbocycles. The van der Waals surface area contributed by atoms with Crippen LogP contribution in [0.15, 0.2) is 53.7 Å². The Labute approximate surface area is 142 Å². The van der Waals surface area contributed by atoms with E-state index in [1.54, 1.807) is 13.2 Å². The number of hydrogen-bond donors (Lipinski definition) is 2. The number of benzene rings is 1. The fourth-order valence-corrected chi connectivity index (χ4v) is 2.08. The first-order valence-corrected chi connectivity index (χ1v) is 8.02. The van der Waals surface area contributed by atoms with Crippen LogP contribution in [0.2, 0.25) is 0 Å². The maximum atomic E-state index is 5.64. The van der Waals surface area contributed by atoms with Crippen LogP contribution in [0.1, 0.15) is 12.5 Å². The van der Waals surface area contributed by atoms with Gasteiger partial charge < -0.3 is 20.1 Å². The second kappa shape index (κ2) is 10.1. The van der Waals surface area contributed by atoms with E-state index in [-0.39, 0.29) is 0 Å². The van der Waals surface area contributed by atoms with Crippen LogP contribution in [0.4, 0.5) is 0 Å². The van der Waals surface area contributed by atoms with Gasteiger partial charge in [-0.2, -0.15) is 0 Å². The Kier molecular flexibility index (Phi) is 7.40. The van der Waals surface area contributed by atoms with E-state index in [0.717, 1.165) is 11.3 Å². The normalized spacial score (nSPS) is 11.0. The number of aromatic nitrogens is 1. The lowest BCUT2D eigenvalue weighted by Crippen LogP contribution is -2.39. The van der Waals surface area contributed by atoms with Crippen LogP contribution >= 0.6 is 0 Å². The summed E-state index contributed by atoms with van der Waals surface area (Å²) in [5, 5.41) is 6.46. The minimum Gasteiger partial charge on any atom is -0.492 e. The molecular weight excluding hydrogens is 304 g/mol. The van der Waals surface area contributed by atoms with Gasteiger partial charge in [-0.25, -0.2) is 4.98 Å². The van der Waals surface area contributed by atoms with Gasteiger partial charge in [-0.05, 0) is 25.1 Å². The molecule has 0 bridgehead atoms. The molecule has 0 atom stereocenters. The highest BCUT2D eigenvalue weighted by atomic mass is 16.5. The monoisotopic (exact) mass is 328 g/mol. The molecule has 0 fully saturated rings. The molecular formula is C18H24N4O2. The molecule has 0 unspecified atom stereocenters. The van der Waals surface area contributed by atoms with Crippen molar-refractivity contribution in [3.05, 3.63) is 54.2 Å². The fraction of sp³-hybridized carbons (Fsp3) is 0.333. The first kappa shape index (κ1) is 17.6. The lowest BCUT2D eigenvalue weighted by molar-refractivity contribution is 0.320. The highest BCUT2D eigenvalue weighted by Crippen LogP contribution is 2.13. The number of para-hydroxylation sites is 1. The molecule has 128 valence electrons. The van der Waals surface area contributed by atoms with Gasteiger partial charge in [0, 0.05) is 25.4 Å². The summed E-state index contributed by atoms with van der Waals surface area (Å²) in [6.07, 6.45) is 1.72. The van der Waals surface area contributed by atoms with Crippen molar-refractivity contribution in [1.29, 1.82) is 0 Å². The average Bonchev–Trinajstić information content (AvgIpc) is 2.63. The summed E-state index contributed by atoms with van der Waals surface area (Å²) in [6.45, 7) is 4.33. The van der Waals surface area contributed by atoms with Crippen molar-refractivity contribution in [2.45, 2.75) is 13.5 Å². The lowest BCUT2D eigenvalue weighted by Gasteiger charge is -2.14. The van der Waals surface area contributed by atoms with Gasteiger partial charge in [-0.15, -0.1) is 0 Å². The van der Waals surface area contributed by atoms with E-state index in [2.05, 4.69) is 20.6 Å². The Morgan fingerprint density at radius 3 is 2.67 bits per heavy atom. The third-order valence-electron chi connectivity index (χ3n) is 3.21. The third-order valence-corrected chi connectivity index (χ3v) is 3.21. The van der Waals surface area contributed by atoms with Gasteiger partial charge in [0.05, 0.1) is 13.2 Å². The second-order valence-corrected chi connectivity index (χ2v) is 4.91. The number of hydrogen-bond acceptors (Lipinski definition) is 4. The molecule has 0 aliphatic rings. The SMILES string of the molecule is CCOc1ncccc1CNC(=NC)NCCOc1ccccc1. The van der Waals surface area contributed by atoms with Crippen LogP contribution < -0.4 is 20.1 Å². The molecule has 0 saturated carbocycles. The summed E-state index contributed by atoms with van der Waals surface area (Å²) < 4.78 is 11.2. The van der Waals surface area contributed by atoms with Crippen molar-refractivity contribution >= 4 is 5.96 Å². The fourth-order valence-electron chi connectivity index (χ4n) is 2.08. The van der Waals surface area contributed by atoms with E-state index in [9.17, 15) is 0 Å². The molecule has 2 rings (SSSR count). The van der Waals surface area contributed by atoms with E-state index < -0.39 is 0 Å². The van der Waals surface area contributed by atoms with Gasteiger partial charge in [0.2, 0.25) is 5.88 Å². The number of ether oxygens (including phenoxy) is 2. The average molecular weight is 328 g/mol. The molecule has 2 N–H and O–H groups in total. The Balaban J connectivity index is 1.74. The van der Waals surface area contributed by atoms with Crippen LogP contribution in [0, 0.1) is 0 Å². The van der Waals surface area contributed by atoms with Crippen molar-refractivity contribution in [2.75, 3.05) is 26.8 Å². The minimum absolute atomic E-state index is 0.557. The van der Waals surface area contributed by atoms with Gasteiger partial charge in [0.25, 0.3) is 0 Å². The Bertz CT molecular complexity index is 632. The molecule has 0 aliphatic carbocycles. The highest BCUT2D eigenvalue weighted by Gasteiger charge is 2.05. The standard InChI is InChI=1S/C18H24N4O2/c1-3-23-17-15(8-7-11-20-17)14-22-18(19-2)21-12-13-24-16-9-5-4-6-10-16/h4-11H,3,12-14H2,1-2H3,(H2,19,21,22). The first-order valence-electron chi connectivity index (χ1n) is 8.02. The molecule has 0 amide bonds. The molecule has 6 heteroatoms. The zero-order chi connectivity index (χ0) is 17.0. The number of aliphatic imine (C=N–C) groups is 1. The van der Waals surface area contributed by atoms with Crippen molar-refractivity contribution < 1.29 is 9.47 Å². The van der Waals surface area contributed by atoms with Crippen molar-refractivity contribution in [3.8, 4) is 11.6 Å². The Hall–Kier alpha value is -2.76. The number of rotatable bonds is 8. The first-order chi connectivity index (χ1) is 11.8. The Morgan fingerprint density at radius 2 is 1.92 bits per heavy atom. The summed E-state index contributed by atoms with van der Waals surface area (Å²) in [5.41, 5.74) is 0.989. The predicted molar refractivity (Wildman–Crippen MR) is 95.5 cm³/mol. The van der Waals surface area contributed by atoms with Gasteiger partial charge in [-0.1, -0.05) is 24.3 Å². The quantitative estimate of drug-likeness (QED) is 0.442. The smallest absolute Gasteiger partial charge is 0.218 e. The lowest BCUT2D eigenvalue weighted by atomic mass is 10.2. The second-order valence-electron chi connectivity index (χ2n) is 4.91. The van der Waals surface area contributed by atoms with Gasteiger partial charge in [0.1, 0.15) is 12.4 Å². The molecule has 1 aromatic heterocycles. The van der Waals surface area contributed by atoms with Crippen LogP contribution in [0.25, 0.3) is 0 Å². The van der Waals surface area contributed by atoms with Crippen molar-refractivity contribution in [3.63, 3.8) is 0 Å². The third kappa shape index (κ3) is 5.79. The molecule has 1 heterocycles. The maximum absolute atomic E-state index is 5.64. The van der Waals surface area contributed by atoms with Gasteiger partial charge in [0.15, 0.2) is 5.96 Å². The van der Waals surface area contributed by atoms with Crippen LogP contribution in [-0.2, 0) is 6.54 Å². The summed E-state index contributed by atoms with van der Waals surface area (Å²) in [4.78, 5) is 8.44. The number of pyridine rings is 1. The van der Waals surface area contributed by atoms with Crippen LogP contribution in [0.5, 0.6) is 11.6 Å².